The topological polar surface area (TPSA) is 129 Å². The molecule has 3 N–H and O–H groups in total. The standard InChI is InChI=1S/C23H23N5O4/c24-18-12-15(6-8-20(18)31-17-3-1-2-4-17)23-26-22(27-32-23)14-5-7-19-16(11-14)13-25-28(19)10-9-21(29)30/h5-8,11-13,17H,1-4,9-10,24H2,(H,29,30). The summed E-state index contributed by atoms with van der Waals surface area (Å²) in [5.74, 6) is 0.649. The van der Waals surface area contributed by atoms with Crippen molar-refractivity contribution in [3.63, 3.8) is 0 Å². The molecule has 0 saturated heterocycles. The quantitative estimate of drug-likeness (QED) is 0.416. The SMILES string of the molecule is Nc1cc(-c2nc(-c3ccc4c(cnn4CCC(=O)O)c3)no2)ccc1OC1CCCC1. The van der Waals surface area contributed by atoms with E-state index >= 15 is 0 Å². The van der Waals surface area contributed by atoms with Gasteiger partial charge >= 0.3 is 5.97 Å². The van der Waals surface area contributed by atoms with Crippen LogP contribution in [0.4, 0.5) is 5.69 Å². The molecule has 0 unspecified atom stereocenters. The molecule has 2 aromatic carbocycles. The molecular formula is C23H23N5O4. The van der Waals surface area contributed by atoms with Crippen molar-refractivity contribution in [3.8, 4) is 28.6 Å². The summed E-state index contributed by atoms with van der Waals surface area (Å²) in [5.41, 5.74) is 9.10. The van der Waals surface area contributed by atoms with Gasteiger partial charge in [0.15, 0.2) is 0 Å². The fraction of sp³-hybridized carbons (Fsp3) is 0.304. The molecule has 0 atom stereocenters. The van der Waals surface area contributed by atoms with Crippen molar-refractivity contribution in [1.29, 1.82) is 0 Å². The van der Waals surface area contributed by atoms with Crippen LogP contribution in [-0.2, 0) is 11.3 Å². The maximum absolute atomic E-state index is 10.8. The van der Waals surface area contributed by atoms with Crippen molar-refractivity contribution in [2.75, 3.05) is 5.73 Å². The van der Waals surface area contributed by atoms with Gasteiger partial charge in [-0.25, -0.2) is 0 Å². The number of hydrogen-bond donors (Lipinski definition) is 2. The van der Waals surface area contributed by atoms with E-state index in [0.29, 0.717) is 29.7 Å². The van der Waals surface area contributed by atoms with Crippen molar-refractivity contribution >= 4 is 22.6 Å². The molecule has 5 rings (SSSR count). The Bertz CT molecular complexity index is 1270. The largest absolute Gasteiger partial charge is 0.488 e. The zero-order chi connectivity index (χ0) is 22.1. The predicted molar refractivity (Wildman–Crippen MR) is 118 cm³/mol. The van der Waals surface area contributed by atoms with Crippen LogP contribution in [0, 0.1) is 0 Å². The lowest BCUT2D eigenvalue weighted by atomic mass is 10.1. The smallest absolute Gasteiger partial charge is 0.305 e. The highest BCUT2D eigenvalue weighted by Gasteiger charge is 2.19. The molecule has 4 aromatic rings. The number of carbonyl (C=O) groups is 1. The third-order valence-electron chi connectivity index (χ3n) is 5.72. The number of nitrogens with zero attached hydrogens (tertiary/aromatic N) is 4. The van der Waals surface area contributed by atoms with E-state index in [4.69, 9.17) is 20.1 Å². The van der Waals surface area contributed by atoms with Gasteiger partial charge in [0.25, 0.3) is 5.89 Å². The van der Waals surface area contributed by atoms with Crippen LogP contribution in [-0.4, -0.2) is 37.1 Å². The molecule has 1 fully saturated rings. The number of fused-ring (bicyclic) bond motifs is 1. The van der Waals surface area contributed by atoms with Crippen molar-refractivity contribution in [2.24, 2.45) is 0 Å². The van der Waals surface area contributed by atoms with Crippen LogP contribution >= 0.6 is 0 Å². The molecule has 0 aliphatic heterocycles. The molecule has 9 nitrogen and oxygen atoms in total. The number of nitrogens with two attached hydrogens (primary N) is 1. The predicted octanol–water partition coefficient (Wildman–Crippen LogP) is 4.13. The lowest BCUT2D eigenvalue weighted by molar-refractivity contribution is -0.137. The molecule has 1 aliphatic carbocycles. The van der Waals surface area contributed by atoms with Crippen LogP contribution in [0.2, 0.25) is 0 Å². The van der Waals surface area contributed by atoms with Crippen molar-refractivity contribution in [2.45, 2.75) is 44.8 Å². The number of ether oxygens (including phenoxy) is 1. The average Bonchev–Trinajstić information content (AvgIpc) is 3.54. The molecule has 32 heavy (non-hydrogen) atoms. The Hall–Kier alpha value is -3.88. The summed E-state index contributed by atoms with van der Waals surface area (Å²) in [6.07, 6.45) is 6.48. The first kappa shape index (κ1) is 20.0. The number of carboxylic acid groups (broad SMARTS) is 1. The first-order chi connectivity index (χ1) is 15.6. The summed E-state index contributed by atoms with van der Waals surface area (Å²) in [4.78, 5) is 15.3. The normalized spacial score (nSPS) is 14.2. The Morgan fingerprint density at radius 3 is 2.78 bits per heavy atom. The fourth-order valence-corrected chi connectivity index (χ4v) is 4.04. The first-order valence-corrected chi connectivity index (χ1v) is 10.6. The summed E-state index contributed by atoms with van der Waals surface area (Å²) < 4.78 is 13.2. The summed E-state index contributed by atoms with van der Waals surface area (Å²) in [6.45, 7) is 0.312. The van der Waals surface area contributed by atoms with Gasteiger partial charge in [-0.3, -0.25) is 9.48 Å². The van der Waals surface area contributed by atoms with Crippen LogP contribution in [0.5, 0.6) is 5.75 Å². The van der Waals surface area contributed by atoms with E-state index in [0.717, 1.165) is 34.9 Å². The number of anilines is 1. The maximum atomic E-state index is 10.8. The minimum absolute atomic E-state index is 0.0142. The minimum atomic E-state index is -0.858. The molecule has 9 heteroatoms. The number of carboxylic acids is 1. The lowest BCUT2D eigenvalue weighted by Crippen LogP contribution is -2.12. The van der Waals surface area contributed by atoms with Crippen LogP contribution in [0.25, 0.3) is 33.7 Å². The van der Waals surface area contributed by atoms with Gasteiger partial charge in [-0.15, -0.1) is 0 Å². The highest BCUT2D eigenvalue weighted by Crippen LogP contribution is 2.32. The molecule has 0 radical (unpaired) electrons. The third kappa shape index (κ3) is 4.01. The second-order valence-electron chi connectivity index (χ2n) is 7.99. The zero-order valence-electron chi connectivity index (χ0n) is 17.4. The molecule has 2 aromatic heterocycles. The monoisotopic (exact) mass is 433 g/mol. The third-order valence-corrected chi connectivity index (χ3v) is 5.72. The number of aliphatic carboxylic acids is 1. The van der Waals surface area contributed by atoms with Crippen LogP contribution in [0.3, 0.4) is 0 Å². The summed E-state index contributed by atoms with van der Waals surface area (Å²) in [7, 11) is 0. The van der Waals surface area contributed by atoms with Gasteiger partial charge in [0, 0.05) is 16.5 Å². The van der Waals surface area contributed by atoms with E-state index in [1.807, 2.05) is 30.3 Å². The number of hydrogen-bond acceptors (Lipinski definition) is 7. The first-order valence-electron chi connectivity index (χ1n) is 10.6. The highest BCUT2D eigenvalue weighted by molar-refractivity contribution is 5.83. The van der Waals surface area contributed by atoms with E-state index in [2.05, 4.69) is 15.2 Å². The minimum Gasteiger partial charge on any atom is -0.488 e. The molecule has 164 valence electrons. The molecular weight excluding hydrogens is 410 g/mol. The summed E-state index contributed by atoms with van der Waals surface area (Å²) >= 11 is 0. The number of rotatable bonds is 7. The van der Waals surface area contributed by atoms with Gasteiger partial charge in [0.05, 0.1) is 36.5 Å². The molecule has 0 spiro atoms. The van der Waals surface area contributed by atoms with Crippen molar-refractivity contribution in [3.05, 3.63) is 42.6 Å². The molecule has 1 aliphatic rings. The fourth-order valence-electron chi connectivity index (χ4n) is 4.04. The summed E-state index contributed by atoms with van der Waals surface area (Å²) in [6, 6.07) is 11.2. The van der Waals surface area contributed by atoms with Crippen LogP contribution in [0.15, 0.2) is 47.1 Å². The Labute approximate surface area is 183 Å². The van der Waals surface area contributed by atoms with Crippen LogP contribution in [0.1, 0.15) is 32.1 Å². The van der Waals surface area contributed by atoms with E-state index in [9.17, 15) is 4.79 Å². The van der Waals surface area contributed by atoms with Crippen molar-refractivity contribution < 1.29 is 19.2 Å². The van der Waals surface area contributed by atoms with Gasteiger partial charge in [0.2, 0.25) is 5.82 Å². The Balaban J connectivity index is 1.35. The van der Waals surface area contributed by atoms with Gasteiger partial charge in [-0.05, 0) is 62.1 Å². The molecule has 0 bridgehead atoms. The average molecular weight is 433 g/mol. The molecule has 0 amide bonds. The van der Waals surface area contributed by atoms with E-state index in [1.165, 1.54) is 12.8 Å². The molecule has 2 heterocycles. The van der Waals surface area contributed by atoms with Gasteiger partial charge in [-0.1, -0.05) is 5.16 Å². The van der Waals surface area contributed by atoms with Crippen molar-refractivity contribution in [1.82, 2.24) is 19.9 Å². The number of aromatic nitrogens is 4. The highest BCUT2D eigenvalue weighted by atomic mass is 16.5. The Kier molecular flexibility index (Phi) is 5.22. The van der Waals surface area contributed by atoms with E-state index in [1.54, 1.807) is 16.9 Å². The number of benzene rings is 2. The number of aryl methyl sites for hydroxylation is 1. The van der Waals surface area contributed by atoms with E-state index in [-0.39, 0.29) is 12.5 Å². The van der Waals surface area contributed by atoms with E-state index < -0.39 is 5.97 Å². The van der Waals surface area contributed by atoms with Gasteiger partial charge in [-0.2, -0.15) is 10.1 Å². The maximum Gasteiger partial charge on any atom is 0.305 e. The molecule has 1 saturated carbocycles. The van der Waals surface area contributed by atoms with Gasteiger partial charge in [0.1, 0.15) is 5.75 Å². The second kappa shape index (κ2) is 8.33. The number of nitrogen functional groups attached to an aromatic ring is 1. The summed E-state index contributed by atoms with van der Waals surface area (Å²) in [5, 5.41) is 18.1. The van der Waals surface area contributed by atoms with Crippen LogP contribution < -0.4 is 10.5 Å². The second-order valence-corrected chi connectivity index (χ2v) is 7.99. The Morgan fingerprint density at radius 1 is 1.19 bits per heavy atom. The lowest BCUT2D eigenvalue weighted by Gasteiger charge is -2.15. The Morgan fingerprint density at radius 2 is 2.00 bits per heavy atom. The zero-order valence-corrected chi connectivity index (χ0v) is 17.4. The van der Waals surface area contributed by atoms with Gasteiger partial charge < -0.3 is 20.1 Å².